The Balaban J connectivity index is 2.84. The highest BCUT2D eigenvalue weighted by atomic mass is 32.2. The van der Waals surface area contributed by atoms with Gasteiger partial charge < -0.3 is 5.73 Å². The van der Waals surface area contributed by atoms with E-state index >= 15 is 0 Å². The second-order valence-electron chi connectivity index (χ2n) is 2.53. The minimum absolute atomic E-state index is 0.0408. The zero-order valence-corrected chi connectivity index (χ0v) is 7.97. The van der Waals surface area contributed by atoms with Crippen LogP contribution in [0.15, 0.2) is 41.8 Å². The zero-order chi connectivity index (χ0) is 8.97. The first kappa shape index (κ1) is 9.36. The van der Waals surface area contributed by atoms with Gasteiger partial charge in [0.05, 0.1) is 0 Å². The summed E-state index contributed by atoms with van der Waals surface area (Å²) in [4.78, 5) is 1.26. The predicted molar refractivity (Wildman–Crippen MR) is 55.3 cm³/mol. The van der Waals surface area contributed by atoms with E-state index < -0.39 is 0 Å². The van der Waals surface area contributed by atoms with Crippen LogP contribution in [0.2, 0.25) is 0 Å². The molecule has 1 aromatic rings. The Bertz CT molecular complexity index is 253. The van der Waals surface area contributed by atoms with E-state index in [9.17, 15) is 0 Å². The minimum atomic E-state index is -0.0408. The SMILES string of the molecule is C=C[C@H](N)c1ccc(SC)cc1. The second-order valence-corrected chi connectivity index (χ2v) is 3.41. The van der Waals surface area contributed by atoms with E-state index in [0.717, 1.165) is 5.56 Å². The van der Waals surface area contributed by atoms with Gasteiger partial charge in [0, 0.05) is 10.9 Å². The molecular formula is C10H13NS. The Labute approximate surface area is 77.7 Å². The lowest BCUT2D eigenvalue weighted by Gasteiger charge is -2.06. The fourth-order valence-electron chi connectivity index (χ4n) is 0.962. The first-order chi connectivity index (χ1) is 5.77. The average Bonchev–Trinajstić information content (AvgIpc) is 2.17. The van der Waals surface area contributed by atoms with Gasteiger partial charge in [-0.2, -0.15) is 0 Å². The molecule has 0 saturated carbocycles. The fraction of sp³-hybridized carbons (Fsp3) is 0.200. The Kier molecular flexibility index (Phi) is 3.38. The highest BCUT2D eigenvalue weighted by Gasteiger charge is 1.99. The number of rotatable bonds is 3. The van der Waals surface area contributed by atoms with E-state index in [1.54, 1.807) is 17.8 Å². The highest BCUT2D eigenvalue weighted by molar-refractivity contribution is 7.98. The summed E-state index contributed by atoms with van der Waals surface area (Å²) in [7, 11) is 0. The topological polar surface area (TPSA) is 26.0 Å². The first-order valence-corrected chi connectivity index (χ1v) is 5.02. The van der Waals surface area contributed by atoms with Gasteiger partial charge in [-0.15, -0.1) is 18.3 Å². The molecule has 0 aliphatic rings. The van der Waals surface area contributed by atoms with E-state index in [1.807, 2.05) is 12.1 Å². The lowest BCUT2D eigenvalue weighted by Crippen LogP contribution is -2.05. The van der Waals surface area contributed by atoms with E-state index in [2.05, 4.69) is 25.0 Å². The maximum Gasteiger partial charge on any atom is 0.0478 e. The number of nitrogens with two attached hydrogens (primary N) is 1. The van der Waals surface area contributed by atoms with Crippen LogP contribution < -0.4 is 5.73 Å². The van der Waals surface area contributed by atoms with Crippen molar-refractivity contribution in [2.24, 2.45) is 5.73 Å². The highest BCUT2D eigenvalue weighted by Crippen LogP contribution is 2.17. The van der Waals surface area contributed by atoms with Crippen LogP contribution in [0.25, 0.3) is 0 Å². The lowest BCUT2D eigenvalue weighted by atomic mass is 10.1. The molecule has 2 N–H and O–H groups in total. The number of benzene rings is 1. The zero-order valence-electron chi connectivity index (χ0n) is 7.16. The molecule has 1 nitrogen and oxygen atoms in total. The molecule has 0 fully saturated rings. The molecule has 0 heterocycles. The molecule has 0 saturated heterocycles. The van der Waals surface area contributed by atoms with Crippen molar-refractivity contribution >= 4 is 11.8 Å². The summed E-state index contributed by atoms with van der Waals surface area (Å²) >= 11 is 1.73. The second kappa shape index (κ2) is 4.33. The Hall–Kier alpha value is -0.730. The molecule has 2 heteroatoms. The van der Waals surface area contributed by atoms with Gasteiger partial charge >= 0.3 is 0 Å². The van der Waals surface area contributed by atoms with Crippen LogP contribution in [0.4, 0.5) is 0 Å². The molecule has 0 aromatic heterocycles. The average molecular weight is 179 g/mol. The van der Waals surface area contributed by atoms with E-state index in [-0.39, 0.29) is 6.04 Å². The third-order valence-corrected chi connectivity index (χ3v) is 2.50. The van der Waals surface area contributed by atoms with Crippen LogP contribution in [-0.4, -0.2) is 6.26 Å². The maximum atomic E-state index is 5.76. The fourth-order valence-corrected chi connectivity index (χ4v) is 1.37. The molecule has 0 spiro atoms. The quantitative estimate of drug-likeness (QED) is 0.570. The smallest absolute Gasteiger partial charge is 0.0478 e. The minimum Gasteiger partial charge on any atom is -0.321 e. The van der Waals surface area contributed by atoms with Crippen molar-refractivity contribution in [3.8, 4) is 0 Å². The summed E-state index contributed by atoms with van der Waals surface area (Å²) in [5.41, 5.74) is 6.87. The van der Waals surface area contributed by atoms with Crippen molar-refractivity contribution in [2.75, 3.05) is 6.26 Å². The van der Waals surface area contributed by atoms with Gasteiger partial charge in [0.1, 0.15) is 0 Å². The van der Waals surface area contributed by atoms with Gasteiger partial charge in [0.2, 0.25) is 0 Å². The third-order valence-electron chi connectivity index (χ3n) is 1.75. The van der Waals surface area contributed by atoms with Crippen molar-refractivity contribution in [2.45, 2.75) is 10.9 Å². The number of hydrogen-bond donors (Lipinski definition) is 1. The Morgan fingerprint density at radius 1 is 1.42 bits per heavy atom. The van der Waals surface area contributed by atoms with Gasteiger partial charge in [0.15, 0.2) is 0 Å². The van der Waals surface area contributed by atoms with Crippen LogP contribution in [-0.2, 0) is 0 Å². The molecule has 1 aromatic carbocycles. The summed E-state index contributed by atoms with van der Waals surface area (Å²) in [6, 6.07) is 8.18. The van der Waals surface area contributed by atoms with Crippen molar-refractivity contribution in [1.29, 1.82) is 0 Å². The normalized spacial score (nSPS) is 12.5. The van der Waals surface area contributed by atoms with E-state index in [1.165, 1.54) is 4.90 Å². The summed E-state index contributed by atoms with van der Waals surface area (Å²) in [6.07, 6.45) is 3.80. The molecule has 0 radical (unpaired) electrons. The van der Waals surface area contributed by atoms with Crippen molar-refractivity contribution in [3.63, 3.8) is 0 Å². The van der Waals surface area contributed by atoms with Gasteiger partial charge in [0.25, 0.3) is 0 Å². The summed E-state index contributed by atoms with van der Waals surface area (Å²) in [5, 5.41) is 0. The molecule has 0 aliphatic heterocycles. The summed E-state index contributed by atoms with van der Waals surface area (Å²) in [5.74, 6) is 0. The molecular weight excluding hydrogens is 166 g/mol. The molecule has 0 unspecified atom stereocenters. The van der Waals surface area contributed by atoms with Crippen LogP contribution in [0.3, 0.4) is 0 Å². The summed E-state index contributed by atoms with van der Waals surface area (Å²) < 4.78 is 0. The van der Waals surface area contributed by atoms with Crippen LogP contribution in [0, 0.1) is 0 Å². The van der Waals surface area contributed by atoms with E-state index in [4.69, 9.17) is 5.73 Å². The molecule has 1 rings (SSSR count). The van der Waals surface area contributed by atoms with Crippen molar-refractivity contribution < 1.29 is 0 Å². The predicted octanol–water partition coefficient (Wildman–Crippen LogP) is 2.59. The lowest BCUT2D eigenvalue weighted by molar-refractivity contribution is 0.912. The largest absolute Gasteiger partial charge is 0.321 e. The molecule has 0 amide bonds. The molecule has 1 atom stereocenters. The maximum absolute atomic E-state index is 5.76. The number of hydrogen-bond acceptors (Lipinski definition) is 2. The molecule has 0 aliphatic carbocycles. The molecule has 0 bridgehead atoms. The third kappa shape index (κ3) is 2.13. The Morgan fingerprint density at radius 2 is 2.00 bits per heavy atom. The molecule has 12 heavy (non-hydrogen) atoms. The van der Waals surface area contributed by atoms with Crippen molar-refractivity contribution in [3.05, 3.63) is 42.5 Å². The van der Waals surface area contributed by atoms with Crippen LogP contribution in [0.5, 0.6) is 0 Å². The van der Waals surface area contributed by atoms with Gasteiger partial charge in [-0.1, -0.05) is 18.2 Å². The first-order valence-electron chi connectivity index (χ1n) is 3.80. The van der Waals surface area contributed by atoms with Gasteiger partial charge in [-0.25, -0.2) is 0 Å². The Morgan fingerprint density at radius 3 is 2.42 bits per heavy atom. The van der Waals surface area contributed by atoms with Crippen molar-refractivity contribution in [1.82, 2.24) is 0 Å². The summed E-state index contributed by atoms with van der Waals surface area (Å²) in [6.45, 7) is 3.65. The monoisotopic (exact) mass is 179 g/mol. The van der Waals surface area contributed by atoms with E-state index in [0.29, 0.717) is 0 Å². The van der Waals surface area contributed by atoms with Crippen LogP contribution in [0.1, 0.15) is 11.6 Å². The molecule has 64 valence electrons. The number of thioether (sulfide) groups is 1. The standard InChI is InChI=1S/C10H13NS/c1-3-10(11)8-4-6-9(12-2)7-5-8/h3-7,10H,1,11H2,2H3/t10-/m0/s1. The van der Waals surface area contributed by atoms with Gasteiger partial charge in [-0.05, 0) is 24.0 Å². The van der Waals surface area contributed by atoms with Crippen LogP contribution >= 0.6 is 11.8 Å². The van der Waals surface area contributed by atoms with Gasteiger partial charge in [-0.3, -0.25) is 0 Å².